The lowest BCUT2D eigenvalue weighted by Gasteiger charge is -2.02. The van der Waals surface area contributed by atoms with E-state index in [1.165, 1.54) is 28.9 Å². The van der Waals surface area contributed by atoms with Crippen LogP contribution in [0.25, 0.3) is 11.0 Å². The zero-order valence-corrected chi connectivity index (χ0v) is 12.0. The predicted octanol–water partition coefficient (Wildman–Crippen LogP) is 0.803. The maximum Gasteiger partial charge on any atom is 0.215 e. The Labute approximate surface area is 128 Å². The van der Waals surface area contributed by atoms with E-state index in [4.69, 9.17) is 16.2 Å². The quantitative estimate of drug-likeness (QED) is 0.344. The number of nitrogen functional groups attached to an aromatic ring is 1. The van der Waals surface area contributed by atoms with Crippen LogP contribution in [-0.2, 0) is 11.1 Å². The first-order chi connectivity index (χ1) is 10.5. The Balaban J connectivity index is 0.000000164. The minimum atomic E-state index is -2.20. The first-order valence-electron chi connectivity index (χ1n) is 6.02. The van der Waals surface area contributed by atoms with Crippen molar-refractivity contribution in [3.05, 3.63) is 48.5 Å². The van der Waals surface area contributed by atoms with Gasteiger partial charge in [0.15, 0.2) is 0 Å². The van der Waals surface area contributed by atoms with Crippen LogP contribution in [0.2, 0.25) is 0 Å². The monoisotopic (exact) mass is 318 g/mol. The van der Waals surface area contributed by atoms with Gasteiger partial charge >= 0.3 is 0 Å². The smallest absolute Gasteiger partial charge is 0.215 e. The largest absolute Gasteiger partial charge is 0.768 e. The van der Waals surface area contributed by atoms with Crippen molar-refractivity contribution in [2.75, 3.05) is 0 Å². The number of hydrogen-bond donors (Lipinski definition) is 3. The Kier molecular flexibility index (Phi) is 4.81. The summed E-state index contributed by atoms with van der Waals surface area (Å²) in [5, 5.41) is 23.5. The number of phenolic OH excluding ortho intramolecular Hbond substituents is 1. The summed E-state index contributed by atoms with van der Waals surface area (Å²) in [6, 6.07) is 12.7. The van der Waals surface area contributed by atoms with Gasteiger partial charge in [0.25, 0.3) is 0 Å². The fourth-order valence-corrected chi connectivity index (χ4v) is 1.96. The summed E-state index contributed by atoms with van der Waals surface area (Å²) < 4.78 is 21.7. The fraction of sp³-hybridized carbons (Fsp3) is 0. The highest BCUT2D eigenvalue weighted by Gasteiger charge is 2.03. The molecule has 2 aromatic carbocycles. The number of nitrogens with one attached hydrogen (secondary N) is 1. The van der Waals surface area contributed by atoms with Crippen LogP contribution < -0.4 is 5.73 Å². The van der Waals surface area contributed by atoms with Gasteiger partial charge in [0, 0.05) is 4.90 Å². The average Bonchev–Trinajstić information content (AvgIpc) is 2.92. The van der Waals surface area contributed by atoms with Crippen molar-refractivity contribution in [2.24, 2.45) is 5.73 Å². The highest BCUT2D eigenvalue weighted by molar-refractivity contribution is 7.79. The minimum Gasteiger partial charge on any atom is -0.768 e. The number of para-hydroxylation sites is 1. The maximum absolute atomic E-state index is 10.2. The molecule has 114 valence electrons. The first kappa shape index (κ1) is 15.6. The van der Waals surface area contributed by atoms with Gasteiger partial charge in [-0.15, -0.1) is 5.10 Å². The summed E-state index contributed by atoms with van der Waals surface area (Å²) in [6.45, 7) is 0. The van der Waals surface area contributed by atoms with Gasteiger partial charge in [0.2, 0.25) is 5.96 Å². The van der Waals surface area contributed by atoms with E-state index in [-0.39, 0.29) is 16.6 Å². The molecule has 0 aliphatic carbocycles. The fourth-order valence-electron chi connectivity index (χ4n) is 1.60. The van der Waals surface area contributed by atoms with Crippen LogP contribution in [-0.4, -0.2) is 34.8 Å². The van der Waals surface area contributed by atoms with E-state index in [9.17, 15) is 8.76 Å². The molecule has 1 heterocycles. The number of rotatable bonds is 1. The summed E-state index contributed by atoms with van der Waals surface area (Å²) in [4.78, 5) is 0.179. The highest BCUT2D eigenvalue weighted by atomic mass is 32.2. The number of nitrogens with two attached hydrogens (primary N) is 1. The molecule has 9 heteroatoms. The predicted molar refractivity (Wildman–Crippen MR) is 80.1 cm³/mol. The molecule has 0 amide bonds. The van der Waals surface area contributed by atoms with Crippen LogP contribution in [0.15, 0.2) is 53.4 Å². The standard InChI is InChI=1S/C7H7N5.C6H6O3S/c8-7(9)12-6-4-2-1-3-5(6)10-11-12;7-5-1-3-6(4-2-5)10(8)9/h1-4H,(H3,8,9);1-4,7H,(H,8,9)/p-1. The van der Waals surface area contributed by atoms with Crippen molar-refractivity contribution >= 4 is 28.1 Å². The van der Waals surface area contributed by atoms with Crippen molar-refractivity contribution in [3.8, 4) is 5.75 Å². The summed E-state index contributed by atoms with van der Waals surface area (Å²) in [7, 11) is 0. The third kappa shape index (κ3) is 3.65. The molecule has 1 aromatic heterocycles. The summed E-state index contributed by atoms with van der Waals surface area (Å²) >= 11 is -2.20. The van der Waals surface area contributed by atoms with E-state index >= 15 is 0 Å². The summed E-state index contributed by atoms with van der Waals surface area (Å²) in [5.74, 6) is -0.0575. The number of aromatic nitrogens is 3. The van der Waals surface area contributed by atoms with Crippen LogP contribution in [0, 0.1) is 5.41 Å². The molecule has 1 atom stereocenters. The molecular weight excluding hydrogens is 306 g/mol. The van der Waals surface area contributed by atoms with E-state index in [0.29, 0.717) is 0 Å². The van der Waals surface area contributed by atoms with E-state index in [0.717, 1.165) is 11.0 Å². The number of nitrogens with zero attached hydrogens (tertiary/aromatic N) is 3. The number of fused-ring (bicyclic) bond motifs is 1. The number of hydrogen-bond acceptors (Lipinski definition) is 6. The van der Waals surface area contributed by atoms with Crippen LogP contribution in [0.3, 0.4) is 0 Å². The Morgan fingerprint density at radius 1 is 1.23 bits per heavy atom. The lowest BCUT2D eigenvalue weighted by atomic mass is 10.3. The Hall–Kier alpha value is -2.78. The first-order valence-corrected chi connectivity index (χ1v) is 7.09. The molecule has 0 aliphatic heterocycles. The molecule has 4 N–H and O–H groups in total. The van der Waals surface area contributed by atoms with Crippen LogP contribution >= 0.6 is 0 Å². The van der Waals surface area contributed by atoms with Crippen LogP contribution in [0.1, 0.15) is 0 Å². The van der Waals surface area contributed by atoms with Crippen molar-refractivity contribution in [2.45, 2.75) is 4.90 Å². The lowest BCUT2D eigenvalue weighted by Crippen LogP contribution is -2.21. The van der Waals surface area contributed by atoms with Gasteiger partial charge in [0.1, 0.15) is 11.3 Å². The second kappa shape index (κ2) is 6.78. The third-order valence-electron chi connectivity index (χ3n) is 2.61. The molecule has 1 unspecified atom stereocenters. The average molecular weight is 318 g/mol. The molecule has 22 heavy (non-hydrogen) atoms. The zero-order chi connectivity index (χ0) is 16.1. The maximum atomic E-state index is 10.2. The van der Waals surface area contributed by atoms with Crippen molar-refractivity contribution in [1.29, 1.82) is 5.41 Å². The molecule has 3 rings (SSSR count). The van der Waals surface area contributed by atoms with E-state index in [1.807, 2.05) is 24.3 Å². The van der Waals surface area contributed by atoms with Gasteiger partial charge in [-0.25, -0.2) is 0 Å². The van der Waals surface area contributed by atoms with Gasteiger partial charge in [-0.1, -0.05) is 17.3 Å². The Morgan fingerprint density at radius 2 is 1.86 bits per heavy atom. The zero-order valence-electron chi connectivity index (χ0n) is 11.2. The normalized spacial score (nSPS) is 11.5. The van der Waals surface area contributed by atoms with E-state index in [2.05, 4.69) is 10.3 Å². The minimum absolute atomic E-state index is 0.0641. The second-order valence-electron chi connectivity index (χ2n) is 4.10. The number of benzene rings is 2. The van der Waals surface area contributed by atoms with E-state index < -0.39 is 11.1 Å². The molecule has 0 bridgehead atoms. The van der Waals surface area contributed by atoms with Crippen molar-refractivity contribution < 1.29 is 13.9 Å². The highest BCUT2D eigenvalue weighted by Crippen LogP contribution is 2.11. The molecular formula is C13H12N5O3S-. The van der Waals surface area contributed by atoms with Gasteiger partial charge in [-0.3, -0.25) is 9.62 Å². The number of aromatic hydroxyl groups is 1. The third-order valence-corrected chi connectivity index (χ3v) is 3.27. The Morgan fingerprint density at radius 3 is 2.45 bits per heavy atom. The molecule has 8 nitrogen and oxygen atoms in total. The van der Waals surface area contributed by atoms with Crippen molar-refractivity contribution in [3.63, 3.8) is 0 Å². The van der Waals surface area contributed by atoms with Crippen LogP contribution in [0.4, 0.5) is 0 Å². The van der Waals surface area contributed by atoms with Gasteiger partial charge in [-0.05, 0) is 47.5 Å². The SMILES string of the molecule is N=C(N)n1nnc2ccccc21.O=S([O-])c1ccc(O)cc1. The molecule has 0 fully saturated rings. The topological polar surface area (TPSA) is 141 Å². The molecule has 3 aromatic rings. The van der Waals surface area contributed by atoms with E-state index in [1.54, 1.807) is 0 Å². The van der Waals surface area contributed by atoms with Gasteiger partial charge in [0.05, 0.1) is 5.52 Å². The van der Waals surface area contributed by atoms with Crippen LogP contribution in [0.5, 0.6) is 5.75 Å². The molecule has 0 radical (unpaired) electrons. The summed E-state index contributed by atoms with van der Waals surface area (Å²) in [6.07, 6.45) is 0. The van der Waals surface area contributed by atoms with Gasteiger partial charge in [-0.2, -0.15) is 4.68 Å². The van der Waals surface area contributed by atoms with Crippen molar-refractivity contribution in [1.82, 2.24) is 15.0 Å². The molecule has 0 spiro atoms. The Bertz CT molecular complexity index is 816. The second-order valence-corrected chi connectivity index (χ2v) is 5.04. The van der Waals surface area contributed by atoms with Gasteiger partial charge < -0.3 is 15.4 Å². The number of phenols is 1. The summed E-state index contributed by atoms with van der Waals surface area (Å²) in [5.41, 5.74) is 6.77. The molecule has 0 aliphatic rings. The molecule has 0 saturated carbocycles. The molecule has 0 saturated heterocycles. The lowest BCUT2D eigenvalue weighted by molar-refractivity contribution is 0.474.